The molecule has 8 nitrogen and oxygen atoms in total. The van der Waals surface area contributed by atoms with Crippen LogP contribution in [0.15, 0.2) is 42.0 Å². The Labute approximate surface area is 176 Å². The molecule has 0 spiro atoms. The van der Waals surface area contributed by atoms with Gasteiger partial charge in [-0.2, -0.15) is 15.8 Å². The van der Waals surface area contributed by atoms with Gasteiger partial charge in [0.1, 0.15) is 18.2 Å². The molecule has 0 aliphatic carbocycles. The second-order valence-corrected chi connectivity index (χ2v) is 6.24. The van der Waals surface area contributed by atoms with Gasteiger partial charge in [0.15, 0.2) is 0 Å². The molecule has 0 heterocycles. The van der Waals surface area contributed by atoms with Crippen LogP contribution in [0.5, 0.6) is 0 Å². The maximum atomic E-state index is 12.1. The maximum absolute atomic E-state index is 12.1. The summed E-state index contributed by atoms with van der Waals surface area (Å²) in [5.74, 6) is -1.11. The Balaban J connectivity index is 2.75. The Morgan fingerprint density at radius 1 is 1.13 bits per heavy atom. The molecule has 1 N–H and O–H groups in total. The van der Waals surface area contributed by atoms with Crippen molar-refractivity contribution in [3.8, 4) is 18.2 Å². The zero-order valence-electron chi connectivity index (χ0n) is 16.9. The van der Waals surface area contributed by atoms with Gasteiger partial charge in [-0.3, -0.25) is 4.79 Å². The van der Waals surface area contributed by atoms with Gasteiger partial charge in [-0.1, -0.05) is 18.7 Å². The number of carbonyl (C=O) groups is 2. The molecular formula is C22H23N5O3. The molecule has 0 aliphatic heterocycles. The van der Waals surface area contributed by atoms with Crippen molar-refractivity contribution in [3.05, 3.63) is 47.6 Å². The van der Waals surface area contributed by atoms with Crippen LogP contribution in [0.1, 0.15) is 25.3 Å². The molecule has 0 aromatic heterocycles. The molecule has 0 fully saturated rings. The summed E-state index contributed by atoms with van der Waals surface area (Å²) in [5.41, 5.74) is 1.68. The fraction of sp³-hybridized carbons (Fsp3) is 0.318. The van der Waals surface area contributed by atoms with Gasteiger partial charge >= 0.3 is 5.97 Å². The lowest BCUT2D eigenvalue weighted by atomic mass is 10.1. The van der Waals surface area contributed by atoms with Crippen molar-refractivity contribution in [1.82, 2.24) is 5.32 Å². The van der Waals surface area contributed by atoms with Crippen molar-refractivity contribution in [3.63, 3.8) is 0 Å². The summed E-state index contributed by atoms with van der Waals surface area (Å²) in [7, 11) is 0. The van der Waals surface area contributed by atoms with Crippen LogP contribution in [-0.4, -0.2) is 38.1 Å². The van der Waals surface area contributed by atoms with Gasteiger partial charge in [-0.05, 0) is 30.7 Å². The molecule has 1 aromatic carbocycles. The lowest BCUT2D eigenvalue weighted by Crippen LogP contribution is -2.29. The number of rotatable bonds is 11. The molecule has 0 atom stereocenters. The van der Waals surface area contributed by atoms with Gasteiger partial charge in [-0.25, -0.2) is 4.79 Å². The molecule has 1 rings (SSSR count). The minimum absolute atomic E-state index is 0.0218. The Bertz CT molecular complexity index is 896. The third kappa shape index (κ3) is 8.29. The molecule has 154 valence electrons. The van der Waals surface area contributed by atoms with E-state index in [1.165, 1.54) is 13.0 Å². The van der Waals surface area contributed by atoms with Crippen molar-refractivity contribution >= 4 is 23.6 Å². The van der Waals surface area contributed by atoms with E-state index in [9.17, 15) is 14.9 Å². The first-order valence-corrected chi connectivity index (χ1v) is 9.24. The molecule has 0 saturated carbocycles. The molecule has 30 heavy (non-hydrogen) atoms. The van der Waals surface area contributed by atoms with Gasteiger partial charge in [0.05, 0.1) is 31.5 Å². The quantitative estimate of drug-likeness (QED) is 0.259. The van der Waals surface area contributed by atoms with E-state index in [-0.39, 0.29) is 24.3 Å². The topological polar surface area (TPSA) is 130 Å². The number of anilines is 1. The van der Waals surface area contributed by atoms with Gasteiger partial charge in [0.25, 0.3) is 5.91 Å². The van der Waals surface area contributed by atoms with E-state index in [4.69, 9.17) is 15.3 Å². The van der Waals surface area contributed by atoms with E-state index in [0.29, 0.717) is 31.5 Å². The first-order valence-electron chi connectivity index (χ1n) is 9.24. The smallest absolute Gasteiger partial charge is 0.333 e. The Hall–Kier alpha value is -4.09. The van der Waals surface area contributed by atoms with Crippen molar-refractivity contribution < 1.29 is 14.3 Å². The minimum Gasteiger partial charge on any atom is -0.460 e. The molecule has 0 unspecified atom stereocenters. The number of nitriles is 3. The molecule has 0 bridgehead atoms. The van der Waals surface area contributed by atoms with Crippen LogP contribution in [0.2, 0.25) is 0 Å². The van der Waals surface area contributed by atoms with Crippen LogP contribution < -0.4 is 10.2 Å². The van der Waals surface area contributed by atoms with Crippen molar-refractivity contribution in [2.75, 3.05) is 31.1 Å². The van der Waals surface area contributed by atoms with Crippen LogP contribution in [0, 0.1) is 34.0 Å². The largest absolute Gasteiger partial charge is 0.460 e. The van der Waals surface area contributed by atoms with Gasteiger partial charge in [0, 0.05) is 24.4 Å². The summed E-state index contributed by atoms with van der Waals surface area (Å²) in [6.45, 7) is 6.05. The van der Waals surface area contributed by atoms with E-state index in [1.54, 1.807) is 12.1 Å². The Morgan fingerprint density at radius 2 is 1.73 bits per heavy atom. The van der Waals surface area contributed by atoms with E-state index < -0.39 is 11.9 Å². The Morgan fingerprint density at radius 3 is 2.23 bits per heavy atom. The van der Waals surface area contributed by atoms with Crippen LogP contribution in [0.3, 0.4) is 0 Å². The fourth-order valence-corrected chi connectivity index (χ4v) is 2.36. The number of benzene rings is 1. The predicted molar refractivity (Wildman–Crippen MR) is 111 cm³/mol. The highest BCUT2D eigenvalue weighted by molar-refractivity contribution is 6.01. The molecule has 0 aliphatic rings. The Kier molecular flexibility index (Phi) is 10.5. The van der Waals surface area contributed by atoms with Gasteiger partial charge in [-0.15, -0.1) is 0 Å². The number of ether oxygens (including phenoxy) is 1. The van der Waals surface area contributed by atoms with Gasteiger partial charge < -0.3 is 15.0 Å². The SMILES string of the molecule is C=C(C)C(=O)OCCNC(=O)/C(C#N)=C/c1ccc(N(CCC#N)CCC#N)cc1. The van der Waals surface area contributed by atoms with Crippen molar-refractivity contribution in [2.45, 2.75) is 19.8 Å². The zero-order chi connectivity index (χ0) is 22.4. The third-order valence-electron chi connectivity index (χ3n) is 3.89. The number of hydrogen-bond donors (Lipinski definition) is 1. The lowest BCUT2D eigenvalue weighted by molar-refractivity contribution is -0.139. The summed E-state index contributed by atoms with van der Waals surface area (Å²) in [6.07, 6.45) is 2.13. The van der Waals surface area contributed by atoms with Crippen LogP contribution in [-0.2, 0) is 14.3 Å². The molecule has 1 aromatic rings. The van der Waals surface area contributed by atoms with Crippen LogP contribution in [0.25, 0.3) is 6.08 Å². The summed E-state index contributed by atoms with van der Waals surface area (Å²) >= 11 is 0. The van der Waals surface area contributed by atoms with Crippen molar-refractivity contribution in [2.24, 2.45) is 0 Å². The normalized spacial score (nSPS) is 10.1. The average Bonchev–Trinajstić information content (AvgIpc) is 2.75. The minimum atomic E-state index is -0.572. The standard InChI is InChI=1S/C22H23N5O3/c1-17(2)22(29)30-14-11-26-21(28)19(16-25)15-18-5-7-20(8-6-18)27(12-3-9-23)13-4-10-24/h5-8,15H,1,3-4,11-14H2,2H3,(H,26,28)/b19-15+. The highest BCUT2D eigenvalue weighted by Gasteiger charge is 2.10. The monoisotopic (exact) mass is 405 g/mol. The number of carbonyl (C=O) groups excluding carboxylic acids is 2. The average molecular weight is 405 g/mol. The summed E-state index contributed by atoms with van der Waals surface area (Å²) in [5, 5.41) is 29.4. The number of nitrogens with one attached hydrogen (secondary N) is 1. The number of amides is 1. The summed E-state index contributed by atoms with van der Waals surface area (Å²) < 4.78 is 4.88. The number of nitrogens with zero attached hydrogens (tertiary/aromatic N) is 4. The molecule has 8 heteroatoms. The number of esters is 1. The lowest BCUT2D eigenvalue weighted by Gasteiger charge is -2.22. The maximum Gasteiger partial charge on any atom is 0.333 e. The summed E-state index contributed by atoms with van der Waals surface area (Å²) in [4.78, 5) is 25.4. The van der Waals surface area contributed by atoms with E-state index >= 15 is 0 Å². The molecule has 0 saturated heterocycles. The van der Waals surface area contributed by atoms with Crippen molar-refractivity contribution in [1.29, 1.82) is 15.8 Å². The highest BCUT2D eigenvalue weighted by Crippen LogP contribution is 2.18. The molecular weight excluding hydrogens is 382 g/mol. The second kappa shape index (κ2) is 13.1. The first kappa shape index (κ1) is 23.9. The number of hydrogen-bond acceptors (Lipinski definition) is 7. The third-order valence-corrected chi connectivity index (χ3v) is 3.89. The fourth-order valence-electron chi connectivity index (χ4n) is 2.36. The van der Waals surface area contributed by atoms with Gasteiger partial charge in [0.2, 0.25) is 0 Å². The molecule has 0 radical (unpaired) electrons. The van der Waals surface area contributed by atoms with Crippen LogP contribution in [0.4, 0.5) is 5.69 Å². The van der Waals surface area contributed by atoms with E-state index in [0.717, 1.165) is 5.69 Å². The predicted octanol–water partition coefficient (Wildman–Crippen LogP) is 2.46. The van der Waals surface area contributed by atoms with Crippen LogP contribution >= 0.6 is 0 Å². The second-order valence-electron chi connectivity index (χ2n) is 6.24. The van der Waals surface area contributed by atoms with E-state index in [2.05, 4.69) is 24.0 Å². The summed E-state index contributed by atoms with van der Waals surface area (Å²) in [6, 6.07) is 13.2. The van der Waals surface area contributed by atoms with E-state index in [1.807, 2.05) is 23.1 Å². The molecule has 1 amide bonds. The zero-order valence-corrected chi connectivity index (χ0v) is 16.9. The first-order chi connectivity index (χ1) is 14.4. The highest BCUT2D eigenvalue weighted by atomic mass is 16.5.